The van der Waals surface area contributed by atoms with Crippen LogP contribution in [0.4, 0.5) is 15.4 Å². The summed E-state index contributed by atoms with van der Waals surface area (Å²) in [6, 6.07) is 0.238. The summed E-state index contributed by atoms with van der Waals surface area (Å²) in [4.78, 5) is 31.4. The first-order chi connectivity index (χ1) is 21.1. The van der Waals surface area contributed by atoms with Gasteiger partial charge in [0.2, 0.25) is 18.9 Å². The van der Waals surface area contributed by atoms with Crippen molar-refractivity contribution in [3.63, 3.8) is 0 Å². The van der Waals surface area contributed by atoms with E-state index in [-0.39, 0.29) is 30.2 Å². The Balaban J connectivity index is 1.38. The number of nitrogens with zero attached hydrogens (tertiary/aromatic N) is 4. The first-order valence-corrected chi connectivity index (χ1v) is 16.0. The summed E-state index contributed by atoms with van der Waals surface area (Å²) in [7, 11) is -4.22. The van der Waals surface area contributed by atoms with E-state index in [1.165, 1.54) is 10.9 Å². The lowest BCUT2D eigenvalue weighted by molar-refractivity contribution is -0.0687. The number of carbonyl (C=O) groups excluding carboxylic acids is 2. The molecule has 2 aliphatic rings. The molecular weight excluding hydrogens is 633 g/mol. The smallest absolute Gasteiger partial charge is 0.435 e. The molecule has 0 unspecified atom stereocenters. The maximum Gasteiger partial charge on any atom is 0.510 e. The zero-order chi connectivity index (χ0) is 31.7. The Bertz CT molecular complexity index is 1280. The molecular formula is C24H35ClN5O13P. The van der Waals surface area contributed by atoms with Crippen LogP contribution in [0.2, 0.25) is 5.28 Å². The lowest BCUT2D eigenvalue weighted by Gasteiger charge is -2.20. The van der Waals surface area contributed by atoms with Crippen molar-refractivity contribution in [2.45, 2.75) is 70.1 Å². The van der Waals surface area contributed by atoms with E-state index >= 15 is 0 Å². The molecule has 1 aliphatic heterocycles. The average molecular weight is 668 g/mol. The zero-order valence-electron chi connectivity index (χ0n) is 24.0. The molecule has 1 saturated heterocycles. The molecule has 0 bridgehead atoms. The summed E-state index contributed by atoms with van der Waals surface area (Å²) < 4.78 is 54.3. The van der Waals surface area contributed by atoms with Crippen LogP contribution < -0.4 is 5.32 Å². The van der Waals surface area contributed by atoms with Crippen molar-refractivity contribution in [3.05, 3.63) is 11.5 Å². The molecule has 3 N–H and O–H groups in total. The maximum atomic E-state index is 13.2. The number of aromatic nitrogens is 4. The van der Waals surface area contributed by atoms with Crippen LogP contribution in [-0.4, -0.2) is 106 Å². The molecule has 246 valence electrons. The number of carbonyl (C=O) groups is 2. The predicted octanol–water partition coefficient (Wildman–Crippen LogP) is 2.92. The van der Waals surface area contributed by atoms with Crippen LogP contribution in [0, 0.1) is 0 Å². The number of hydrogen-bond acceptors (Lipinski definition) is 17. The third-order valence-corrected chi connectivity index (χ3v) is 8.27. The van der Waals surface area contributed by atoms with Crippen molar-refractivity contribution in [2.75, 3.05) is 45.1 Å². The Kier molecular flexibility index (Phi) is 12.3. The number of ether oxygens (including phenoxy) is 6. The number of aliphatic hydroxyl groups excluding tert-OH is 2. The van der Waals surface area contributed by atoms with Crippen LogP contribution >= 0.6 is 19.2 Å². The molecule has 1 aliphatic carbocycles. The molecule has 2 aromatic heterocycles. The minimum Gasteiger partial charge on any atom is -0.435 e. The SMILES string of the molecule is CCOC(=O)OCOP(=O)(COC[C@H]1O[C@@H](n2ncc3c(NC4CCCC4)nc(Cl)nc32)[C@H](O)[C@@H]1O)OCOC(=O)OCC. The van der Waals surface area contributed by atoms with Crippen LogP contribution in [0.25, 0.3) is 11.0 Å². The molecule has 4 rings (SSSR count). The third-order valence-electron chi connectivity index (χ3n) is 6.61. The highest BCUT2D eigenvalue weighted by Gasteiger charge is 2.45. The molecule has 0 radical (unpaired) electrons. The Morgan fingerprint density at radius 1 is 1.05 bits per heavy atom. The van der Waals surface area contributed by atoms with Gasteiger partial charge in [0.1, 0.15) is 30.5 Å². The van der Waals surface area contributed by atoms with E-state index in [1.54, 1.807) is 13.8 Å². The van der Waals surface area contributed by atoms with Gasteiger partial charge in [0.05, 0.1) is 31.4 Å². The zero-order valence-corrected chi connectivity index (χ0v) is 25.7. The Labute approximate surface area is 256 Å². The van der Waals surface area contributed by atoms with E-state index in [9.17, 15) is 24.4 Å². The van der Waals surface area contributed by atoms with Crippen molar-refractivity contribution in [3.8, 4) is 0 Å². The van der Waals surface area contributed by atoms with E-state index in [0.29, 0.717) is 11.2 Å². The van der Waals surface area contributed by atoms with Gasteiger partial charge >= 0.3 is 19.9 Å². The van der Waals surface area contributed by atoms with Gasteiger partial charge in [0, 0.05) is 6.04 Å². The van der Waals surface area contributed by atoms with E-state index in [2.05, 4.69) is 39.3 Å². The normalized spacial score (nSPS) is 22.3. The number of halogens is 1. The predicted molar refractivity (Wildman–Crippen MR) is 149 cm³/mol. The van der Waals surface area contributed by atoms with Crippen molar-refractivity contribution < 1.29 is 61.8 Å². The molecule has 4 atom stereocenters. The summed E-state index contributed by atoms with van der Waals surface area (Å²) in [6.45, 7) is 1.11. The number of nitrogens with one attached hydrogen (secondary N) is 1. The Morgan fingerprint density at radius 2 is 1.68 bits per heavy atom. The minimum absolute atomic E-state index is 0.0346. The fourth-order valence-electron chi connectivity index (χ4n) is 4.55. The van der Waals surface area contributed by atoms with Crippen molar-refractivity contribution in [2.24, 2.45) is 0 Å². The Morgan fingerprint density at radius 3 is 2.30 bits per heavy atom. The van der Waals surface area contributed by atoms with Crippen LogP contribution in [0.5, 0.6) is 0 Å². The van der Waals surface area contributed by atoms with E-state index in [1.807, 2.05) is 0 Å². The van der Waals surface area contributed by atoms with Crippen LogP contribution in [0.3, 0.4) is 0 Å². The number of anilines is 1. The first-order valence-electron chi connectivity index (χ1n) is 13.9. The fourth-order valence-corrected chi connectivity index (χ4v) is 5.69. The second kappa shape index (κ2) is 15.9. The molecule has 18 nitrogen and oxygen atoms in total. The van der Waals surface area contributed by atoms with Gasteiger partial charge in [0.15, 0.2) is 11.9 Å². The number of aliphatic hydroxyl groups is 2. The van der Waals surface area contributed by atoms with Gasteiger partial charge < -0.3 is 44.0 Å². The topological polar surface area (TPSA) is 221 Å². The van der Waals surface area contributed by atoms with E-state index < -0.39 is 71.0 Å². The van der Waals surface area contributed by atoms with Crippen LogP contribution in [0.15, 0.2) is 6.20 Å². The van der Waals surface area contributed by atoms with E-state index in [4.69, 9.17) is 30.1 Å². The lowest BCUT2D eigenvalue weighted by Crippen LogP contribution is -2.34. The van der Waals surface area contributed by atoms with Crippen molar-refractivity contribution >= 4 is 48.4 Å². The summed E-state index contributed by atoms with van der Waals surface area (Å²) >= 11 is 6.19. The van der Waals surface area contributed by atoms with Gasteiger partial charge in [-0.2, -0.15) is 15.1 Å². The summed E-state index contributed by atoms with van der Waals surface area (Å²) in [5.41, 5.74) is 0.276. The standard InChI is InChI=1S/C24H35ClN5O13P/c1-3-37-23(33)39-11-41-44(35,42-12-40-24(34)38-4-2)13-36-10-16-17(31)18(32)21(43-16)30-20-15(9-26-30)19(28-22(25)29-20)27-14-7-5-6-8-14/h9,14,16-18,21,31-32H,3-8,10-13H2,1-2H3,(H,27,28,29)/t16-,17-,18-,21-/m1/s1. The highest BCUT2D eigenvalue weighted by atomic mass is 35.5. The third kappa shape index (κ3) is 8.88. The minimum atomic E-state index is -4.22. The second-order valence-electron chi connectivity index (χ2n) is 9.60. The van der Waals surface area contributed by atoms with E-state index in [0.717, 1.165) is 25.7 Å². The molecule has 2 aromatic rings. The first kappa shape index (κ1) is 34.1. The van der Waals surface area contributed by atoms with Crippen molar-refractivity contribution in [1.82, 2.24) is 19.7 Å². The van der Waals surface area contributed by atoms with Crippen LogP contribution in [0.1, 0.15) is 45.8 Å². The largest absolute Gasteiger partial charge is 0.510 e. The molecule has 0 spiro atoms. The average Bonchev–Trinajstić information content (AvgIpc) is 3.70. The molecule has 20 heteroatoms. The lowest BCUT2D eigenvalue weighted by atomic mass is 10.1. The van der Waals surface area contributed by atoms with Gasteiger partial charge in [-0.05, 0) is 38.3 Å². The van der Waals surface area contributed by atoms with Crippen molar-refractivity contribution in [1.29, 1.82) is 0 Å². The maximum absolute atomic E-state index is 13.2. The monoisotopic (exact) mass is 667 g/mol. The molecule has 44 heavy (non-hydrogen) atoms. The highest BCUT2D eigenvalue weighted by molar-refractivity contribution is 7.53. The van der Waals surface area contributed by atoms with Gasteiger partial charge in [-0.15, -0.1) is 0 Å². The van der Waals surface area contributed by atoms with Gasteiger partial charge in [0.25, 0.3) is 0 Å². The van der Waals surface area contributed by atoms with Crippen LogP contribution in [-0.2, 0) is 42.0 Å². The molecule has 0 amide bonds. The van der Waals surface area contributed by atoms with Gasteiger partial charge in [-0.1, -0.05) is 12.8 Å². The fraction of sp³-hybridized carbons (Fsp3) is 0.708. The summed E-state index contributed by atoms with van der Waals surface area (Å²) in [5.74, 6) is 0.501. The molecule has 3 heterocycles. The highest BCUT2D eigenvalue weighted by Crippen LogP contribution is 2.48. The van der Waals surface area contributed by atoms with Gasteiger partial charge in [-0.25, -0.2) is 14.3 Å². The molecule has 1 saturated carbocycles. The number of hydrogen-bond donors (Lipinski definition) is 3. The summed E-state index contributed by atoms with van der Waals surface area (Å²) in [6.07, 6.45) is -2.40. The molecule has 2 fully saturated rings. The number of rotatable bonds is 15. The number of fused-ring (bicyclic) bond motifs is 1. The van der Waals surface area contributed by atoms with Gasteiger partial charge in [-0.3, -0.25) is 13.6 Å². The second-order valence-corrected chi connectivity index (χ2v) is 11.9. The Hall–Kier alpha value is -2.83. The quantitative estimate of drug-likeness (QED) is 0.107. The molecule has 0 aromatic carbocycles. The summed E-state index contributed by atoms with van der Waals surface area (Å²) in [5, 5.41) is 29.7.